The van der Waals surface area contributed by atoms with Crippen molar-refractivity contribution in [3.63, 3.8) is 0 Å². The maximum atomic E-state index is 13.1. The van der Waals surface area contributed by atoms with E-state index in [4.69, 9.17) is 4.74 Å². The third-order valence-corrected chi connectivity index (χ3v) is 5.55. The van der Waals surface area contributed by atoms with Crippen molar-refractivity contribution >= 4 is 5.82 Å². The molecule has 0 radical (unpaired) electrons. The van der Waals surface area contributed by atoms with Crippen LogP contribution in [0.5, 0.6) is 5.75 Å². The standard InChI is InChI=1S/C25H28FN3O/c1-28(2)25-12-7-21(17-27-25)20-5-10-23(11-6-20)30-24-13-15-29(16-14-24)18-19-3-8-22(26)9-4-19/h3-12,17,24H,13-16,18H2,1-2H3. The number of ether oxygens (including phenoxy) is 1. The minimum Gasteiger partial charge on any atom is -0.490 e. The first kappa shape index (κ1) is 20.4. The lowest BCUT2D eigenvalue weighted by Crippen LogP contribution is -2.37. The van der Waals surface area contributed by atoms with Crippen LogP contribution in [0.2, 0.25) is 0 Å². The Kier molecular flexibility index (Phi) is 6.29. The molecular weight excluding hydrogens is 377 g/mol. The summed E-state index contributed by atoms with van der Waals surface area (Å²) in [5.41, 5.74) is 3.38. The van der Waals surface area contributed by atoms with Gasteiger partial charge in [-0.25, -0.2) is 9.37 Å². The molecule has 156 valence electrons. The smallest absolute Gasteiger partial charge is 0.127 e. The van der Waals surface area contributed by atoms with Gasteiger partial charge in [0.2, 0.25) is 0 Å². The molecule has 0 saturated carbocycles. The maximum absolute atomic E-state index is 13.1. The van der Waals surface area contributed by atoms with Gasteiger partial charge in [-0.05, 0) is 60.4 Å². The molecule has 0 N–H and O–H groups in total. The summed E-state index contributed by atoms with van der Waals surface area (Å²) in [5, 5.41) is 0. The number of rotatable bonds is 6. The van der Waals surface area contributed by atoms with Gasteiger partial charge in [0, 0.05) is 45.5 Å². The number of likely N-dealkylation sites (tertiary alicyclic amines) is 1. The van der Waals surface area contributed by atoms with Crippen molar-refractivity contribution in [3.05, 3.63) is 78.2 Å². The Morgan fingerprint density at radius 1 is 0.933 bits per heavy atom. The molecule has 0 bridgehead atoms. The predicted octanol–water partition coefficient (Wildman–Crippen LogP) is 5.00. The highest BCUT2D eigenvalue weighted by atomic mass is 19.1. The van der Waals surface area contributed by atoms with Gasteiger partial charge in [-0.1, -0.05) is 24.3 Å². The molecule has 1 fully saturated rings. The molecule has 0 unspecified atom stereocenters. The Bertz CT molecular complexity index is 932. The van der Waals surface area contributed by atoms with Crippen LogP contribution in [0, 0.1) is 5.82 Å². The van der Waals surface area contributed by atoms with Gasteiger partial charge in [0.1, 0.15) is 23.5 Å². The topological polar surface area (TPSA) is 28.6 Å². The number of benzene rings is 2. The van der Waals surface area contributed by atoms with E-state index >= 15 is 0 Å². The molecule has 1 aliphatic heterocycles. The third-order valence-electron chi connectivity index (χ3n) is 5.55. The normalized spacial score (nSPS) is 15.2. The number of hydrogen-bond donors (Lipinski definition) is 0. The SMILES string of the molecule is CN(C)c1ccc(-c2ccc(OC3CCN(Cc4ccc(F)cc4)CC3)cc2)cn1. The van der Waals surface area contributed by atoms with Crippen molar-refractivity contribution in [1.29, 1.82) is 0 Å². The molecule has 0 spiro atoms. The largest absolute Gasteiger partial charge is 0.490 e. The first-order valence-corrected chi connectivity index (χ1v) is 10.4. The Morgan fingerprint density at radius 2 is 1.60 bits per heavy atom. The number of anilines is 1. The molecule has 4 nitrogen and oxygen atoms in total. The number of piperidine rings is 1. The molecule has 2 heterocycles. The molecule has 2 aromatic carbocycles. The molecule has 30 heavy (non-hydrogen) atoms. The average Bonchev–Trinajstić information content (AvgIpc) is 2.77. The fraction of sp³-hybridized carbons (Fsp3) is 0.320. The van der Waals surface area contributed by atoms with E-state index in [1.54, 1.807) is 0 Å². The average molecular weight is 406 g/mol. The molecule has 1 aromatic heterocycles. The van der Waals surface area contributed by atoms with Crippen LogP contribution in [0.15, 0.2) is 66.9 Å². The quantitative estimate of drug-likeness (QED) is 0.577. The molecule has 5 heteroatoms. The van der Waals surface area contributed by atoms with Crippen LogP contribution in [0.1, 0.15) is 18.4 Å². The molecule has 4 rings (SSSR count). The van der Waals surface area contributed by atoms with Gasteiger partial charge in [0.15, 0.2) is 0 Å². The van der Waals surface area contributed by atoms with Gasteiger partial charge < -0.3 is 9.64 Å². The highest BCUT2D eigenvalue weighted by Crippen LogP contribution is 2.25. The summed E-state index contributed by atoms with van der Waals surface area (Å²) >= 11 is 0. The number of hydrogen-bond acceptors (Lipinski definition) is 4. The predicted molar refractivity (Wildman–Crippen MR) is 119 cm³/mol. The summed E-state index contributed by atoms with van der Waals surface area (Å²) in [6.07, 6.45) is 4.14. The van der Waals surface area contributed by atoms with Crippen molar-refractivity contribution in [2.24, 2.45) is 0 Å². The fourth-order valence-corrected chi connectivity index (χ4v) is 3.77. The minimum atomic E-state index is -0.182. The van der Waals surface area contributed by atoms with E-state index in [1.165, 1.54) is 12.1 Å². The van der Waals surface area contributed by atoms with Crippen LogP contribution in [0.25, 0.3) is 11.1 Å². The van der Waals surface area contributed by atoms with Crippen LogP contribution in [0.3, 0.4) is 0 Å². The lowest BCUT2D eigenvalue weighted by atomic mass is 10.1. The van der Waals surface area contributed by atoms with E-state index in [1.807, 2.05) is 55.5 Å². The summed E-state index contributed by atoms with van der Waals surface area (Å²) in [6, 6.07) is 19.2. The maximum Gasteiger partial charge on any atom is 0.127 e. The van der Waals surface area contributed by atoms with Crippen LogP contribution >= 0.6 is 0 Å². The first-order chi connectivity index (χ1) is 14.6. The van der Waals surface area contributed by atoms with E-state index in [9.17, 15) is 4.39 Å². The summed E-state index contributed by atoms with van der Waals surface area (Å²) in [6.45, 7) is 2.84. The Balaban J connectivity index is 1.28. The van der Waals surface area contributed by atoms with Crippen molar-refractivity contribution in [2.75, 3.05) is 32.1 Å². The lowest BCUT2D eigenvalue weighted by Gasteiger charge is -2.32. The molecule has 3 aromatic rings. The van der Waals surface area contributed by atoms with Gasteiger partial charge in [0.25, 0.3) is 0 Å². The van der Waals surface area contributed by atoms with Crippen LogP contribution in [0.4, 0.5) is 10.2 Å². The molecule has 0 atom stereocenters. The molecule has 1 aliphatic rings. The second kappa shape index (κ2) is 9.26. The molecule has 1 saturated heterocycles. The fourth-order valence-electron chi connectivity index (χ4n) is 3.77. The zero-order valence-electron chi connectivity index (χ0n) is 17.6. The first-order valence-electron chi connectivity index (χ1n) is 10.4. The summed E-state index contributed by atoms with van der Waals surface area (Å²) in [5.74, 6) is 1.68. The van der Waals surface area contributed by atoms with Crippen molar-refractivity contribution < 1.29 is 9.13 Å². The molecule has 0 amide bonds. The highest BCUT2D eigenvalue weighted by molar-refractivity contribution is 5.64. The number of aromatic nitrogens is 1. The van der Waals surface area contributed by atoms with E-state index < -0.39 is 0 Å². The number of pyridine rings is 1. The monoisotopic (exact) mass is 405 g/mol. The second-order valence-corrected chi connectivity index (χ2v) is 8.04. The molecule has 0 aliphatic carbocycles. The highest BCUT2D eigenvalue weighted by Gasteiger charge is 2.20. The Labute approximate surface area is 177 Å². The van der Waals surface area contributed by atoms with Crippen LogP contribution in [-0.4, -0.2) is 43.2 Å². The zero-order valence-corrected chi connectivity index (χ0v) is 17.6. The van der Waals surface area contributed by atoms with Gasteiger partial charge >= 0.3 is 0 Å². The molecular formula is C25H28FN3O. The number of halogens is 1. The minimum absolute atomic E-state index is 0.182. The lowest BCUT2D eigenvalue weighted by molar-refractivity contribution is 0.0968. The van der Waals surface area contributed by atoms with Gasteiger partial charge in [-0.3, -0.25) is 4.90 Å². The Hall–Kier alpha value is -2.92. The zero-order chi connectivity index (χ0) is 20.9. The number of nitrogens with zero attached hydrogens (tertiary/aromatic N) is 3. The van der Waals surface area contributed by atoms with Crippen LogP contribution in [-0.2, 0) is 6.54 Å². The van der Waals surface area contributed by atoms with E-state index in [0.717, 1.165) is 60.7 Å². The second-order valence-electron chi connectivity index (χ2n) is 8.04. The van der Waals surface area contributed by atoms with Crippen LogP contribution < -0.4 is 9.64 Å². The third kappa shape index (κ3) is 5.16. The summed E-state index contributed by atoms with van der Waals surface area (Å²) in [4.78, 5) is 8.88. The van der Waals surface area contributed by atoms with E-state index in [2.05, 4.69) is 28.1 Å². The van der Waals surface area contributed by atoms with Gasteiger partial charge in [-0.2, -0.15) is 0 Å². The van der Waals surface area contributed by atoms with Crippen molar-refractivity contribution in [1.82, 2.24) is 9.88 Å². The van der Waals surface area contributed by atoms with Gasteiger partial charge in [0.05, 0.1) is 0 Å². The Morgan fingerprint density at radius 3 is 2.20 bits per heavy atom. The van der Waals surface area contributed by atoms with Crippen molar-refractivity contribution in [2.45, 2.75) is 25.5 Å². The van der Waals surface area contributed by atoms with E-state index in [0.29, 0.717) is 0 Å². The van der Waals surface area contributed by atoms with E-state index in [-0.39, 0.29) is 11.9 Å². The van der Waals surface area contributed by atoms with Crippen molar-refractivity contribution in [3.8, 4) is 16.9 Å². The van der Waals surface area contributed by atoms with Gasteiger partial charge in [-0.15, -0.1) is 0 Å². The summed E-state index contributed by atoms with van der Waals surface area (Å²) < 4.78 is 19.3. The summed E-state index contributed by atoms with van der Waals surface area (Å²) in [7, 11) is 3.98.